The van der Waals surface area contributed by atoms with E-state index < -0.39 is 0 Å². The molecule has 0 spiro atoms. The second-order valence-electron chi connectivity index (χ2n) is 6.19. The first-order valence-electron chi connectivity index (χ1n) is 8.60. The third-order valence-corrected chi connectivity index (χ3v) is 4.48. The summed E-state index contributed by atoms with van der Waals surface area (Å²) in [5, 5.41) is 3.77. The predicted molar refractivity (Wildman–Crippen MR) is 117 cm³/mol. The van der Waals surface area contributed by atoms with Crippen LogP contribution >= 0.6 is 35.6 Å². The maximum atomic E-state index is 6.18. The number of nitrogens with one attached hydrogen (secondary N) is 1. The molecule has 0 amide bonds. The van der Waals surface area contributed by atoms with Gasteiger partial charge in [-0.1, -0.05) is 11.6 Å². The summed E-state index contributed by atoms with van der Waals surface area (Å²) in [6.45, 7) is 2.37. The number of aliphatic imine (C=N–C) groups is 1. The van der Waals surface area contributed by atoms with Crippen molar-refractivity contribution >= 4 is 47.2 Å². The van der Waals surface area contributed by atoms with Crippen molar-refractivity contribution in [2.45, 2.75) is 19.4 Å². The van der Waals surface area contributed by atoms with Gasteiger partial charge < -0.3 is 25.3 Å². The molecule has 0 saturated heterocycles. The van der Waals surface area contributed by atoms with Crippen LogP contribution in [-0.4, -0.2) is 25.8 Å². The molecule has 4 rings (SSSR count). The van der Waals surface area contributed by atoms with E-state index in [0.29, 0.717) is 43.1 Å². The summed E-state index contributed by atoms with van der Waals surface area (Å²) in [7, 11) is 0. The SMILES string of the molecule is I.NC(=NCc1cc(Cl)cc2c1OCC2)Nc1ccc2c(c1)OCCCO2. The Labute approximate surface area is 180 Å². The van der Waals surface area contributed by atoms with Crippen LogP contribution in [0.15, 0.2) is 35.3 Å². The van der Waals surface area contributed by atoms with E-state index >= 15 is 0 Å². The minimum atomic E-state index is 0. The summed E-state index contributed by atoms with van der Waals surface area (Å²) >= 11 is 6.18. The molecular formula is C19H21ClIN3O3. The average Bonchev–Trinajstić information content (AvgIpc) is 2.96. The van der Waals surface area contributed by atoms with Crippen LogP contribution in [0.1, 0.15) is 17.5 Å². The highest BCUT2D eigenvalue weighted by Crippen LogP contribution is 2.34. The summed E-state index contributed by atoms with van der Waals surface area (Å²) in [6.07, 6.45) is 1.74. The van der Waals surface area contributed by atoms with Crippen molar-refractivity contribution < 1.29 is 14.2 Å². The maximum Gasteiger partial charge on any atom is 0.193 e. The van der Waals surface area contributed by atoms with Crippen molar-refractivity contribution in [3.05, 3.63) is 46.5 Å². The molecule has 6 nitrogen and oxygen atoms in total. The summed E-state index contributed by atoms with van der Waals surface area (Å²) in [4.78, 5) is 4.41. The van der Waals surface area contributed by atoms with E-state index in [-0.39, 0.29) is 24.0 Å². The van der Waals surface area contributed by atoms with Gasteiger partial charge >= 0.3 is 0 Å². The lowest BCUT2D eigenvalue weighted by atomic mass is 10.1. The molecule has 3 N–H and O–H groups in total. The zero-order valence-corrected chi connectivity index (χ0v) is 17.8. The van der Waals surface area contributed by atoms with E-state index in [1.807, 2.05) is 30.3 Å². The van der Waals surface area contributed by atoms with E-state index in [1.54, 1.807) is 0 Å². The van der Waals surface area contributed by atoms with Crippen LogP contribution < -0.4 is 25.3 Å². The highest BCUT2D eigenvalue weighted by molar-refractivity contribution is 14.0. The molecule has 0 fully saturated rings. The number of fused-ring (bicyclic) bond motifs is 2. The third kappa shape index (κ3) is 4.70. The zero-order valence-electron chi connectivity index (χ0n) is 14.7. The molecule has 8 heteroatoms. The van der Waals surface area contributed by atoms with Crippen LogP contribution in [0.2, 0.25) is 5.02 Å². The van der Waals surface area contributed by atoms with Crippen molar-refractivity contribution in [2.75, 3.05) is 25.1 Å². The molecule has 2 aromatic carbocycles. The zero-order chi connectivity index (χ0) is 17.9. The molecule has 0 radical (unpaired) electrons. The van der Waals surface area contributed by atoms with Crippen LogP contribution in [0.25, 0.3) is 0 Å². The fraction of sp³-hybridized carbons (Fsp3) is 0.316. The first-order chi connectivity index (χ1) is 12.7. The molecule has 27 heavy (non-hydrogen) atoms. The average molecular weight is 502 g/mol. The molecule has 2 heterocycles. The van der Waals surface area contributed by atoms with Crippen LogP contribution in [0.3, 0.4) is 0 Å². The number of hydrogen-bond acceptors (Lipinski definition) is 4. The van der Waals surface area contributed by atoms with Gasteiger partial charge in [-0.3, -0.25) is 0 Å². The van der Waals surface area contributed by atoms with Crippen molar-refractivity contribution in [3.63, 3.8) is 0 Å². The summed E-state index contributed by atoms with van der Waals surface area (Å²) in [5.74, 6) is 2.64. The van der Waals surface area contributed by atoms with Crippen molar-refractivity contribution in [2.24, 2.45) is 10.7 Å². The Bertz CT molecular complexity index is 860. The van der Waals surface area contributed by atoms with Gasteiger partial charge in [-0.05, 0) is 29.8 Å². The number of nitrogens with two attached hydrogens (primary N) is 1. The lowest BCUT2D eigenvalue weighted by Gasteiger charge is -2.11. The minimum Gasteiger partial charge on any atom is -0.493 e. The summed E-state index contributed by atoms with van der Waals surface area (Å²) in [6, 6.07) is 9.43. The van der Waals surface area contributed by atoms with E-state index in [9.17, 15) is 0 Å². The predicted octanol–water partition coefficient (Wildman–Crippen LogP) is 3.98. The Morgan fingerprint density at radius 1 is 1.07 bits per heavy atom. The normalized spacial score (nSPS) is 15.2. The number of halogens is 2. The summed E-state index contributed by atoms with van der Waals surface area (Å²) < 4.78 is 17.0. The fourth-order valence-electron chi connectivity index (χ4n) is 3.06. The first kappa shape index (κ1) is 19.9. The van der Waals surface area contributed by atoms with Gasteiger partial charge in [-0.15, -0.1) is 24.0 Å². The van der Waals surface area contributed by atoms with Gasteiger partial charge in [0, 0.05) is 35.2 Å². The Hall–Kier alpha value is -1.87. The highest BCUT2D eigenvalue weighted by atomic mass is 127. The molecule has 2 aromatic rings. The lowest BCUT2D eigenvalue weighted by Crippen LogP contribution is -2.22. The van der Waals surface area contributed by atoms with Gasteiger partial charge in [0.15, 0.2) is 17.5 Å². The van der Waals surface area contributed by atoms with Gasteiger partial charge in [-0.25, -0.2) is 4.99 Å². The second kappa shape index (κ2) is 8.88. The van der Waals surface area contributed by atoms with Gasteiger partial charge in [0.1, 0.15) is 5.75 Å². The first-order valence-corrected chi connectivity index (χ1v) is 8.97. The van der Waals surface area contributed by atoms with E-state index in [0.717, 1.165) is 41.2 Å². The number of rotatable bonds is 3. The standard InChI is InChI=1S/C19H20ClN3O3.HI/c20-14-8-12-4-7-26-18(12)13(9-14)11-22-19(21)23-15-2-3-16-17(10-15)25-6-1-5-24-16;/h2-3,8-10H,1,4-7,11H2,(H3,21,22,23);1H. The molecule has 0 bridgehead atoms. The molecule has 2 aliphatic heterocycles. The van der Waals surface area contributed by atoms with Crippen LogP contribution in [0.5, 0.6) is 17.2 Å². The maximum absolute atomic E-state index is 6.18. The molecule has 0 aliphatic carbocycles. The highest BCUT2D eigenvalue weighted by Gasteiger charge is 2.17. The molecule has 0 aromatic heterocycles. The van der Waals surface area contributed by atoms with E-state index in [1.165, 1.54) is 0 Å². The summed E-state index contributed by atoms with van der Waals surface area (Å²) in [5.41, 5.74) is 8.89. The van der Waals surface area contributed by atoms with Crippen LogP contribution in [-0.2, 0) is 13.0 Å². The molecule has 0 unspecified atom stereocenters. The molecule has 0 atom stereocenters. The Kier molecular flexibility index (Phi) is 6.54. The quantitative estimate of drug-likeness (QED) is 0.378. The molecule has 144 valence electrons. The number of ether oxygens (including phenoxy) is 3. The van der Waals surface area contributed by atoms with Gasteiger partial charge in [0.2, 0.25) is 0 Å². The Morgan fingerprint density at radius 2 is 1.89 bits per heavy atom. The second-order valence-corrected chi connectivity index (χ2v) is 6.63. The topological polar surface area (TPSA) is 78.1 Å². The van der Waals surface area contributed by atoms with Gasteiger partial charge in [0.25, 0.3) is 0 Å². The number of hydrogen-bond donors (Lipinski definition) is 2. The molecular weight excluding hydrogens is 481 g/mol. The van der Waals surface area contributed by atoms with Crippen LogP contribution in [0.4, 0.5) is 5.69 Å². The molecule has 2 aliphatic rings. The molecule has 0 saturated carbocycles. The Balaban J connectivity index is 0.00000210. The van der Waals surface area contributed by atoms with Crippen molar-refractivity contribution in [1.29, 1.82) is 0 Å². The van der Waals surface area contributed by atoms with E-state index in [2.05, 4.69) is 10.3 Å². The number of anilines is 1. The van der Waals surface area contributed by atoms with E-state index in [4.69, 9.17) is 31.5 Å². The van der Waals surface area contributed by atoms with Crippen molar-refractivity contribution in [3.8, 4) is 17.2 Å². The van der Waals surface area contributed by atoms with Gasteiger partial charge in [-0.2, -0.15) is 0 Å². The number of nitrogens with zero attached hydrogens (tertiary/aromatic N) is 1. The largest absolute Gasteiger partial charge is 0.493 e. The third-order valence-electron chi connectivity index (χ3n) is 4.27. The smallest absolute Gasteiger partial charge is 0.193 e. The minimum absolute atomic E-state index is 0. The van der Waals surface area contributed by atoms with Crippen molar-refractivity contribution in [1.82, 2.24) is 0 Å². The lowest BCUT2D eigenvalue weighted by molar-refractivity contribution is 0.297. The number of guanidine groups is 1. The monoisotopic (exact) mass is 501 g/mol. The number of benzene rings is 2. The Morgan fingerprint density at radius 3 is 2.74 bits per heavy atom. The van der Waals surface area contributed by atoms with Crippen LogP contribution in [0, 0.1) is 0 Å². The van der Waals surface area contributed by atoms with Gasteiger partial charge in [0.05, 0.1) is 26.4 Å². The fourth-order valence-corrected chi connectivity index (χ4v) is 3.33.